The summed E-state index contributed by atoms with van der Waals surface area (Å²) in [4.78, 5) is 10.4. The molecule has 0 spiro atoms. The third kappa shape index (κ3) is 2.96. The average Bonchev–Trinajstić information content (AvgIpc) is 2.98. The number of anilines is 1. The summed E-state index contributed by atoms with van der Waals surface area (Å²) >= 11 is 0. The lowest BCUT2D eigenvalue weighted by Crippen LogP contribution is -2.12. The number of nitrogens with zero attached hydrogens (tertiary/aromatic N) is 3. The van der Waals surface area contributed by atoms with Gasteiger partial charge in [0.1, 0.15) is 0 Å². The molecule has 0 amide bonds. The van der Waals surface area contributed by atoms with Crippen molar-refractivity contribution in [1.82, 2.24) is 10.3 Å². The fraction of sp³-hybridized carbons (Fsp3) is 0.571. The molecule has 1 N–H and O–H groups in total. The second-order valence-electron chi connectivity index (χ2n) is 5.57. The number of hydrogen-bond donors (Lipinski definition) is 1. The van der Waals surface area contributed by atoms with Crippen molar-refractivity contribution in [3.05, 3.63) is 22.2 Å². The van der Waals surface area contributed by atoms with Gasteiger partial charge in [0.15, 0.2) is 5.52 Å². The summed E-state index contributed by atoms with van der Waals surface area (Å²) in [5.74, 6) is 0.787. The second kappa shape index (κ2) is 6.07. The maximum Gasteiger partial charge on any atom is 0.300 e. The van der Waals surface area contributed by atoms with Crippen LogP contribution in [0.5, 0.6) is 0 Å². The predicted molar refractivity (Wildman–Crippen MR) is 78.1 cm³/mol. The van der Waals surface area contributed by atoms with Crippen molar-refractivity contribution < 1.29 is 9.55 Å². The van der Waals surface area contributed by atoms with Crippen LogP contribution in [-0.2, 0) is 0 Å². The predicted octanol–water partition coefficient (Wildman–Crippen LogP) is 3.51. The van der Waals surface area contributed by atoms with Crippen molar-refractivity contribution in [2.45, 2.75) is 38.5 Å². The van der Waals surface area contributed by atoms with Crippen LogP contribution in [0.25, 0.3) is 11.0 Å². The van der Waals surface area contributed by atoms with E-state index >= 15 is 0 Å². The summed E-state index contributed by atoms with van der Waals surface area (Å²) < 4.78 is 4.65. The number of fused-ring (bicyclic) bond motifs is 1. The van der Waals surface area contributed by atoms with Gasteiger partial charge in [-0.25, -0.2) is 4.63 Å². The summed E-state index contributed by atoms with van der Waals surface area (Å²) in [5.41, 5.74) is 1.28. The molecule has 0 radical (unpaired) electrons. The van der Waals surface area contributed by atoms with Crippen molar-refractivity contribution in [3.63, 3.8) is 0 Å². The number of nitro groups is 1. The van der Waals surface area contributed by atoms with E-state index in [4.69, 9.17) is 0 Å². The van der Waals surface area contributed by atoms with Crippen LogP contribution in [-0.4, -0.2) is 21.8 Å². The van der Waals surface area contributed by atoms with E-state index in [2.05, 4.69) is 20.3 Å². The van der Waals surface area contributed by atoms with Crippen LogP contribution in [0.2, 0.25) is 0 Å². The summed E-state index contributed by atoms with van der Waals surface area (Å²) in [7, 11) is 0. The molecule has 1 aliphatic carbocycles. The van der Waals surface area contributed by atoms with E-state index in [1.165, 1.54) is 38.2 Å². The smallest absolute Gasteiger partial charge is 0.300 e. The standard InChI is InChI=1S/C14H18N4O3/c19-18(20)12-7-6-11(13-14(12)17-21-16-13)15-9-8-10-4-2-1-3-5-10/h6-7,10,15H,1-5,8-9H2. The Labute approximate surface area is 121 Å². The van der Waals surface area contributed by atoms with Crippen LogP contribution in [0.1, 0.15) is 38.5 Å². The third-order valence-corrected chi connectivity index (χ3v) is 4.18. The number of nitro benzene ring substituents is 1. The molecule has 1 saturated carbocycles. The highest BCUT2D eigenvalue weighted by atomic mass is 16.6. The van der Waals surface area contributed by atoms with Crippen molar-refractivity contribution in [2.75, 3.05) is 11.9 Å². The zero-order chi connectivity index (χ0) is 14.7. The van der Waals surface area contributed by atoms with Gasteiger partial charge in [-0.15, -0.1) is 0 Å². The van der Waals surface area contributed by atoms with Gasteiger partial charge in [0.2, 0.25) is 5.52 Å². The van der Waals surface area contributed by atoms with E-state index in [-0.39, 0.29) is 11.2 Å². The maximum absolute atomic E-state index is 10.9. The highest BCUT2D eigenvalue weighted by Crippen LogP contribution is 2.30. The fourth-order valence-electron chi connectivity index (χ4n) is 3.03. The minimum Gasteiger partial charge on any atom is -0.383 e. The molecule has 7 nitrogen and oxygen atoms in total. The molecule has 0 atom stereocenters. The van der Waals surface area contributed by atoms with Gasteiger partial charge < -0.3 is 5.32 Å². The Morgan fingerprint density at radius 1 is 1.24 bits per heavy atom. The SMILES string of the molecule is O=[N+]([O-])c1ccc(NCCC2CCCCC2)c2nonc12. The Bertz CT molecular complexity index is 634. The van der Waals surface area contributed by atoms with Crippen molar-refractivity contribution in [1.29, 1.82) is 0 Å². The second-order valence-corrected chi connectivity index (χ2v) is 5.57. The van der Waals surface area contributed by atoms with E-state index < -0.39 is 4.92 Å². The molecule has 7 heteroatoms. The van der Waals surface area contributed by atoms with E-state index in [0.717, 1.165) is 24.6 Å². The van der Waals surface area contributed by atoms with Gasteiger partial charge >= 0.3 is 5.69 Å². The van der Waals surface area contributed by atoms with Crippen molar-refractivity contribution in [3.8, 4) is 0 Å². The van der Waals surface area contributed by atoms with Crippen LogP contribution in [0.4, 0.5) is 11.4 Å². The highest BCUT2D eigenvalue weighted by molar-refractivity contribution is 5.93. The molecule has 1 aromatic heterocycles. The van der Waals surface area contributed by atoms with E-state index in [1.807, 2.05) is 0 Å². The summed E-state index contributed by atoms with van der Waals surface area (Å²) in [5, 5.41) is 21.6. The van der Waals surface area contributed by atoms with Gasteiger partial charge in [-0.2, -0.15) is 0 Å². The van der Waals surface area contributed by atoms with Gasteiger partial charge in [-0.05, 0) is 28.7 Å². The van der Waals surface area contributed by atoms with Crippen LogP contribution < -0.4 is 5.32 Å². The van der Waals surface area contributed by atoms with Crippen molar-refractivity contribution in [2.24, 2.45) is 5.92 Å². The van der Waals surface area contributed by atoms with E-state index in [9.17, 15) is 10.1 Å². The van der Waals surface area contributed by atoms with Crippen LogP contribution in [0.15, 0.2) is 16.8 Å². The first-order chi connectivity index (χ1) is 10.3. The molecular weight excluding hydrogens is 272 g/mol. The number of hydrogen-bond acceptors (Lipinski definition) is 6. The van der Waals surface area contributed by atoms with Gasteiger partial charge in [-0.3, -0.25) is 10.1 Å². The van der Waals surface area contributed by atoms with Gasteiger partial charge in [0.25, 0.3) is 0 Å². The minimum atomic E-state index is -0.474. The Kier molecular flexibility index (Phi) is 3.98. The first-order valence-electron chi connectivity index (χ1n) is 7.39. The maximum atomic E-state index is 10.9. The largest absolute Gasteiger partial charge is 0.383 e. The zero-order valence-electron chi connectivity index (χ0n) is 11.7. The molecule has 112 valence electrons. The highest BCUT2D eigenvalue weighted by Gasteiger charge is 2.19. The normalized spacial score (nSPS) is 16.2. The molecule has 0 saturated heterocycles. The first-order valence-corrected chi connectivity index (χ1v) is 7.39. The molecule has 21 heavy (non-hydrogen) atoms. The fourth-order valence-corrected chi connectivity index (χ4v) is 3.03. The van der Waals surface area contributed by atoms with Gasteiger partial charge in [0, 0.05) is 12.6 Å². The Hall–Kier alpha value is -2.18. The molecular formula is C14H18N4O3. The van der Waals surface area contributed by atoms with Crippen LogP contribution in [0.3, 0.4) is 0 Å². The lowest BCUT2D eigenvalue weighted by atomic mass is 9.87. The molecule has 1 aromatic carbocycles. The van der Waals surface area contributed by atoms with Crippen LogP contribution >= 0.6 is 0 Å². The Morgan fingerprint density at radius 3 is 2.76 bits per heavy atom. The molecule has 1 aliphatic rings. The zero-order valence-corrected chi connectivity index (χ0v) is 11.7. The van der Waals surface area contributed by atoms with E-state index in [0.29, 0.717) is 5.52 Å². The monoisotopic (exact) mass is 290 g/mol. The molecule has 3 rings (SSSR count). The van der Waals surface area contributed by atoms with E-state index in [1.54, 1.807) is 6.07 Å². The third-order valence-electron chi connectivity index (χ3n) is 4.18. The Morgan fingerprint density at radius 2 is 2.00 bits per heavy atom. The summed E-state index contributed by atoms with van der Waals surface area (Å²) in [6.07, 6.45) is 7.76. The molecule has 1 heterocycles. The lowest BCUT2D eigenvalue weighted by Gasteiger charge is -2.21. The number of aromatic nitrogens is 2. The number of non-ortho nitro benzene ring substituents is 1. The summed E-state index contributed by atoms with van der Waals surface area (Å²) in [6, 6.07) is 3.11. The lowest BCUT2D eigenvalue weighted by molar-refractivity contribution is -0.383. The van der Waals surface area contributed by atoms with Gasteiger partial charge in [-0.1, -0.05) is 32.1 Å². The first kappa shape index (κ1) is 13.8. The van der Waals surface area contributed by atoms with Crippen LogP contribution in [0, 0.1) is 16.0 Å². The topological polar surface area (TPSA) is 94.1 Å². The molecule has 0 aliphatic heterocycles. The molecule has 0 unspecified atom stereocenters. The number of nitrogens with one attached hydrogen (secondary N) is 1. The summed E-state index contributed by atoms with van der Waals surface area (Å²) in [6.45, 7) is 0.838. The molecule has 2 aromatic rings. The number of rotatable bonds is 5. The quantitative estimate of drug-likeness (QED) is 0.668. The minimum absolute atomic E-state index is 0.0796. The number of benzene rings is 1. The van der Waals surface area contributed by atoms with Gasteiger partial charge in [0.05, 0.1) is 10.6 Å². The molecule has 1 fully saturated rings. The Balaban J connectivity index is 1.68. The molecule has 0 bridgehead atoms. The van der Waals surface area contributed by atoms with Crippen molar-refractivity contribution >= 4 is 22.4 Å². The average molecular weight is 290 g/mol.